The minimum Gasteiger partial charge on any atom is -0.396 e. The molecule has 2 aliphatic rings. The van der Waals surface area contributed by atoms with Crippen LogP contribution >= 0.6 is 11.8 Å². The summed E-state index contributed by atoms with van der Waals surface area (Å²) in [5.74, 6) is -0.686. The highest BCUT2D eigenvalue weighted by molar-refractivity contribution is 8.00. The van der Waals surface area contributed by atoms with Crippen LogP contribution in [-0.2, 0) is 6.54 Å². The van der Waals surface area contributed by atoms with Crippen LogP contribution in [0.3, 0.4) is 0 Å². The summed E-state index contributed by atoms with van der Waals surface area (Å²) in [5, 5.41) is 17.9. The zero-order chi connectivity index (χ0) is 26.3. The highest BCUT2D eigenvalue weighted by Crippen LogP contribution is 2.36. The SMILES string of the molecule is Cc1c(F)cc(C(=O)NC2CC2)cc1-c1ccc2c(=O)n(CC(C)(C)CO)cc(S[C@@H]3CCNC3)c2c1. The van der Waals surface area contributed by atoms with E-state index >= 15 is 0 Å². The van der Waals surface area contributed by atoms with Crippen molar-refractivity contribution in [3.8, 4) is 11.1 Å². The van der Waals surface area contributed by atoms with Crippen molar-refractivity contribution in [2.24, 2.45) is 5.41 Å². The molecule has 2 fully saturated rings. The maximum Gasteiger partial charge on any atom is 0.258 e. The Morgan fingerprint density at radius 1 is 1.22 bits per heavy atom. The third-order valence-corrected chi connectivity index (χ3v) is 8.53. The van der Waals surface area contributed by atoms with Gasteiger partial charge in [0.05, 0.1) is 0 Å². The lowest BCUT2D eigenvalue weighted by Crippen LogP contribution is -2.30. The molecule has 1 aliphatic heterocycles. The number of aromatic nitrogens is 1. The van der Waals surface area contributed by atoms with Crippen LogP contribution in [0.15, 0.2) is 46.2 Å². The second kappa shape index (κ2) is 10.2. The smallest absolute Gasteiger partial charge is 0.258 e. The van der Waals surface area contributed by atoms with E-state index in [-0.39, 0.29) is 24.1 Å². The summed E-state index contributed by atoms with van der Waals surface area (Å²) in [6, 6.07) is 8.82. The van der Waals surface area contributed by atoms with Gasteiger partial charge in [0.15, 0.2) is 0 Å². The molecule has 1 atom stereocenters. The highest BCUT2D eigenvalue weighted by atomic mass is 32.2. The molecule has 3 aromatic rings. The van der Waals surface area contributed by atoms with Crippen molar-refractivity contribution in [1.29, 1.82) is 0 Å². The summed E-state index contributed by atoms with van der Waals surface area (Å²) in [5.41, 5.74) is 1.63. The van der Waals surface area contributed by atoms with E-state index in [0.29, 0.717) is 33.9 Å². The Hall–Kier alpha value is -2.68. The van der Waals surface area contributed by atoms with Crippen LogP contribution in [0, 0.1) is 18.2 Å². The van der Waals surface area contributed by atoms with Crippen molar-refractivity contribution in [2.75, 3.05) is 19.7 Å². The first-order valence-electron chi connectivity index (χ1n) is 12.9. The monoisotopic (exact) mass is 523 g/mol. The van der Waals surface area contributed by atoms with E-state index in [1.165, 1.54) is 6.07 Å². The van der Waals surface area contributed by atoms with Gasteiger partial charge in [0.1, 0.15) is 5.82 Å². The normalized spacial score (nSPS) is 17.9. The molecule has 0 unspecified atom stereocenters. The molecule has 1 amide bonds. The van der Waals surface area contributed by atoms with Crippen molar-refractivity contribution in [3.63, 3.8) is 0 Å². The first-order chi connectivity index (χ1) is 17.6. The van der Waals surface area contributed by atoms with Gasteiger partial charge in [0, 0.05) is 63.8 Å². The third-order valence-electron chi connectivity index (χ3n) is 7.21. The summed E-state index contributed by atoms with van der Waals surface area (Å²) in [4.78, 5) is 27.1. The number of nitrogens with zero attached hydrogens (tertiary/aromatic N) is 1. The molecular formula is C29H34FN3O3S. The van der Waals surface area contributed by atoms with Gasteiger partial charge in [0.25, 0.3) is 11.5 Å². The molecule has 1 aromatic heterocycles. The number of carbonyl (C=O) groups is 1. The van der Waals surface area contributed by atoms with E-state index in [1.54, 1.807) is 35.4 Å². The lowest BCUT2D eigenvalue weighted by molar-refractivity contribution is 0.0950. The van der Waals surface area contributed by atoms with Crippen LogP contribution in [-0.4, -0.2) is 46.6 Å². The number of benzene rings is 2. The molecule has 1 aliphatic carbocycles. The molecule has 0 radical (unpaired) electrons. The number of amides is 1. The molecule has 1 saturated carbocycles. The van der Waals surface area contributed by atoms with Crippen LogP contribution in [0.2, 0.25) is 0 Å². The standard InChI is InChI=1S/C29H34FN3O3S/c1-17-23(11-19(12-25(17)30)27(35)32-20-5-6-20)18-4-7-22-24(10-18)26(37-21-8-9-31-13-21)14-33(28(22)36)15-29(2,3)16-34/h4,7,10-12,14,20-21,31,34H,5-6,8-9,13,15-16H2,1-3H3,(H,32,35)/t21-/m1/s1. The number of nitrogens with one attached hydrogen (secondary N) is 2. The van der Waals surface area contributed by atoms with E-state index < -0.39 is 11.2 Å². The number of aliphatic hydroxyl groups excluding tert-OH is 1. The molecule has 37 heavy (non-hydrogen) atoms. The zero-order valence-electron chi connectivity index (χ0n) is 21.6. The van der Waals surface area contributed by atoms with Gasteiger partial charge in [-0.15, -0.1) is 11.8 Å². The Kier molecular flexibility index (Phi) is 7.18. The predicted molar refractivity (Wildman–Crippen MR) is 147 cm³/mol. The Balaban J connectivity index is 1.62. The number of hydrogen-bond acceptors (Lipinski definition) is 5. The molecule has 0 bridgehead atoms. The Morgan fingerprint density at radius 2 is 2.00 bits per heavy atom. The number of thioether (sulfide) groups is 1. The number of aliphatic hydroxyl groups is 1. The summed E-state index contributed by atoms with van der Waals surface area (Å²) in [6.45, 7) is 7.82. The number of halogens is 1. The van der Waals surface area contributed by atoms with E-state index in [1.807, 2.05) is 32.2 Å². The number of hydrogen-bond donors (Lipinski definition) is 3. The molecule has 196 valence electrons. The molecule has 3 N–H and O–H groups in total. The van der Waals surface area contributed by atoms with Gasteiger partial charge in [-0.25, -0.2) is 4.39 Å². The first-order valence-corrected chi connectivity index (χ1v) is 13.8. The van der Waals surface area contributed by atoms with Crippen molar-refractivity contribution in [3.05, 3.63) is 63.8 Å². The second-order valence-electron chi connectivity index (χ2n) is 11.1. The molecule has 0 spiro atoms. The van der Waals surface area contributed by atoms with Gasteiger partial charge in [-0.3, -0.25) is 9.59 Å². The van der Waals surface area contributed by atoms with Crippen molar-refractivity contribution in [2.45, 2.75) is 62.8 Å². The maximum atomic E-state index is 14.9. The molecule has 6 nitrogen and oxygen atoms in total. The number of fused-ring (bicyclic) bond motifs is 1. The number of rotatable bonds is 8. The van der Waals surface area contributed by atoms with Crippen LogP contribution in [0.1, 0.15) is 49.0 Å². The average Bonchev–Trinajstić information content (AvgIpc) is 3.54. The van der Waals surface area contributed by atoms with Gasteiger partial charge >= 0.3 is 0 Å². The fourth-order valence-electron chi connectivity index (χ4n) is 4.76. The third kappa shape index (κ3) is 5.61. The molecule has 2 heterocycles. The van der Waals surface area contributed by atoms with Crippen LogP contribution in [0.4, 0.5) is 4.39 Å². The van der Waals surface area contributed by atoms with Gasteiger partial charge in [0.2, 0.25) is 0 Å². The molecular weight excluding hydrogens is 489 g/mol. The minimum atomic E-state index is -0.440. The molecule has 8 heteroatoms. The predicted octanol–water partition coefficient (Wildman–Crippen LogP) is 4.48. The minimum absolute atomic E-state index is 0.0268. The molecule has 1 saturated heterocycles. The molecule has 5 rings (SSSR count). The van der Waals surface area contributed by atoms with E-state index in [4.69, 9.17) is 0 Å². The Bertz CT molecular complexity index is 1410. The van der Waals surface area contributed by atoms with Gasteiger partial charge in [-0.05, 0) is 73.7 Å². The van der Waals surface area contributed by atoms with Crippen molar-refractivity contribution >= 4 is 28.4 Å². The summed E-state index contributed by atoms with van der Waals surface area (Å²) in [6.07, 6.45) is 4.86. The van der Waals surface area contributed by atoms with Crippen LogP contribution < -0.4 is 16.2 Å². The van der Waals surface area contributed by atoms with Gasteiger partial charge < -0.3 is 20.3 Å². The highest BCUT2D eigenvalue weighted by Gasteiger charge is 2.25. The van der Waals surface area contributed by atoms with Crippen LogP contribution in [0.5, 0.6) is 0 Å². The zero-order valence-corrected chi connectivity index (χ0v) is 22.4. The van der Waals surface area contributed by atoms with Gasteiger partial charge in [-0.2, -0.15) is 0 Å². The Morgan fingerprint density at radius 3 is 2.68 bits per heavy atom. The first kappa shape index (κ1) is 25.9. The fourth-order valence-corrected chi connectivity index (χ4v) is 6.04. The topological polar surface area (TPSA) is 83.4 Å². The van der Waals surface area contributed by atoms with Crippen molar-refractivity contribution < 1.29 is 14.3 Å². The summed E-state index contributed by atoms with van der Waals surface area (Å²) >= 11 is 1.75. The summed E-state index contributed by atoms with van der Waals surface area (Å²) < 4.78 is 16.7. The number of pyridine rings is 1. The number of carbonyl (C=O) groups excluding carboxylic acids is 1. The lowest BCUT2D eigenvalue weighted by atomic mass is 9.94. The quantitative estimate of drug-likeness (QED) is 0.406. The maximum absolute atomic E-state index is 14.9. The fraction of sp³-hybridized carbons (Fsp3) is 0.448. The lowest BCUT2D eigenvalue weighted by Gasteiger charge is -2.24. The van der Waals surface area contributed by atoms with E-state index in [2.05, 4.69) is 10.6 Å². The van der Waals surface area contributed by atoms with E-state index in [9.17, 15) is 19.1 Å². The Labute approximate surface area is 220 Å². The largest absolute Gasteiger partial charge is 0.396 e. The second-order valence-corrected chi connectivity index (χ2v) is 12.5. The average molecular weight is 524 g/mol. The van der Waals surface area contributed by atoms with Gasteiger partial charge in [-0.1, -0.05) is 19.9 Å². The van der Waals surface area contributed by atoms with E-state index in [0.717, 1.165) is 48.2 Å². The van der Waals surface area contributed by atoms with Crippen molar-refractivity contribution in [1.82, 2.24) is 15.2 Å². The molecule has 2 aromatic carbocycles. The van der Waals surface area contributed by atoms with Crippen LogP contribution in [0.25, 0.3) is 21.9 Å². The summed E-state index contributed by atoms with van der Waals surface area (Å²) in [7, 11) is 0.